The summed E-state index contributed by atoms with van der Waals surface area (Å²) in [6.07, 6.45) is 2.10. The van der Waals surface area contributed by atoms with Crippen LogP contribution in [0.3, 0.4) is 0 Å². The van der Waals surface area contributed by atoms with E-state index < -0.39 is 0 Å². The molecule has 1 unspecified atom stereocenters. The van der Waals surface area contributed by atoms with E-state index in [2.05, 4.69) is 10.6 Å². The zero-order valence-corrected chi connectivity index (χ0v) is 16.0. The molecule has 1 fully saturated rings. The molecule has 1 saturated heterocycles. The number of hydrogen-bond acceptors (Lipinski definition) is 5. The van der Waals surface area contributed by atoms with Gasteiger partial charge in [-0.3, -0.25) is 9.59 Å². The molecule has 2 amide bonds. The van der Waals surface area contributed by atoms with E-state index in [1.807, 2.05) is 0 Å². The highest BCUT2D eigenvalue weighted by Crippen LogP contribution is 2.29. The summed E-state index contributed by atoms with van der Waals surface area (Å²) in [6.45, 7) is 1.26. The van der Waals surface area contributed by atoms with Gasteiger partial charge in [-0.25, -0.2) is 0 Å². The van der Waals surface area contributed by atoms with E-state index in [1.54, 1.807) is 42.5 Å². The third kappa shape index (κ3) is 4.61. The van der Waals surface area contributed by atoms with Gasteiger partial charge in [0, 0.05) is 24.4 Å². The Morgan fingerprint density at radius 1 is 1.04 bits per heavy atom. The number of methoxy groups -OCH3 is 2. The first-order valence-corrected chi connectivity index (χ1v) is 9.14. The maximum absolute atomic E-state index is 12.7. The molecule has 7 heteroatoms. The van der Waals surface area contributed by atoms with Crippen molar-refractivity contribution in [3.05, 3.63) is 53.6 Å². The van der Waals surface area contributed by atoms with Crippen LogP contribution >= 0.6 is 0 Å². The number of rotatable bonds is 7. The molecule has 2 aromatic carbocycles. The maximum atomic E-state index is 12.7. The van der Waals surface area contributed by atoms with Crippen molar-refractivity contribution in [2.45, 2.75) is 18.9 Å². The Labute approximate surface area is 164 Å². The second kappa shape index (κ2) is 9.23. The Bertz CT molecular complexity index is 807. The van der Waals surface area contributed by atoms with Crippen LogP contribution in [0.15, 0.2) is 42.5 Å². The Morgan fingerprint density at radius 3 is 2.29 bits per heavy atom. The van der Waals surface area contributed by atoms with Crippen LogP contribution in [0.25, 0.3) is 0 Å². The lowest BCUT2D eigenvalue weighted by Crippen LogP contribution is -2.31. The summed E-state index contributed by atoms with van der Waals surface area (Å²) in [4.78, 5) is 24.9. The number of ether oxygens (including phenoxy) is 3. The Balaban J connectivity index is 1.64. The van der Waals surface area contributed by atoms with Crippen molar-refractivity contribution in [3.63, 3.8) is 0 Å². The summed E-state index contributed by atoms with van der Waals surface area (Å²) in [5.74, 6) is 0.314. The molecule has 148 valence electrons. The highest BCUT2D eigenvalue weighted by molar-refractivity contribution is 6.08. The minimum Gasteiger partial charge on any atom is -0.496 e. The second-order valence-corrected chi connectivity index (χ2v) is 6.41. The van der Waals surface area contributed by atoms with Crippen LogP contribution in [0.5, 0.6) is 11.5 Å². The van der Waals surface area contributed by atoms with Gasteiger partial charge in [-0.2, -0.15) is 0 Å². The highest BCUT2D eigenvalue weighted by atomic mass is 16.5. The minimum atomic E-state index is -0.357. The van der Waals surface area contributed by atoms with Crippen molar-refractivity contribution >= 4 is 17.5 Å². The third-order valence-electron chi connectivity index (χ3n) is 4.57. The van der Waals surface area contributed by atoms with Crippen molar-refractivity contribution in [1.82, 2.24) is 5.32 Å². The van der Waals surface area contributed by atoms with E-state index in [1.165, 1.54) is 14.2 Å². The molecule has 0 radical (unpaired) electrons. The van der Waals surface area contributed by atoms with Gasteiger partial charge < -0.3 is 24.8 Å². The fourth-order valence-electron chi connectivity index (χ4n) is 3.09. The Kier molecular flexibility index (Phi) is 6.49. The zero-order valence-electron chi connectivity index (χ0n) is 16.0. The molecule has 1 aliphatic rings. The predicted molar refractivity (Wildman–Crippen MR) is 105 cm³/mol. The third-order valence-corrected chi connectivity index (χ3v) is 4.57. The van der Waals surface area contributed by atoms with Crippen molar-refractivity contribution in [3.8, 4) is 11.5 Å². The van der Waals surface area contributed by atoms with Crippen molar-refractivity contribution < 1.29 is 23.8 Å². The molecular weight excluding hydrogens is 360 g/mol. The summed E-state index contributed by atoms with van der Waals surface area (Å²) in [5.41, 5.74) is 1.39. The van der Waals surface area contributed by atoms with Crippen LogP contribution in [0.2, 0.25) is 0 Å². The van der Waals surface area contributed by atoms with E-state index in [-0.39, 0.29) is 17.9 Å². The molecule has 0 aromatic heterocycles. The summed E-state index contributed by atoms with van der Waals surface area (Å²) >= 11 is 0. The van der Waals surface area contributed by atoms with Crippen LogP contribution in [0.4, 0.5) is 5.69 Å². The SMILES string of the molecule is COc1cccc(OC)c1C(=O)Nc1ccc(C(=O)NCC2CCCO2)cc1. The van der Waals surface area contributed by atoms with Gasteiger partial charge in [-0.05, 0) is 49.2 Å². The number of benzene rings is 2. The molecule has 28 heavy (non-hydrogen) atoms. The van der Waals surface area contributed by atoms with Gasteiger partial charge in [0.05, 0.1) is 20.3 Å². The quantitative estimate of drug-likeness (QED) is 0.767. The lowest BCUT2D eigenvalue weighted by atomic mass is 10.1. The van der Waals surface area contributed by atoms with Crippen LogP contribution in [-0.2, 0) is 4.74 Å². The van der Waals surface area contributed by atoms with Crippen molar-refractivity contribution in [2.24, 2.45) is 0 Å². The first-order valence-electron chi connectivity index (χ1n) is 9.14. The lowest BCUT2D eigenvalue weighted by Gasteiger charge is -2.13. The fourth-order valence-corrected chi connectivity index (χ4v) is 3.09. The smallest absolute Gasteiger partial charge is 0.263 e. The van der Waals surface area contributed by atoms with Crippen molar-refractivity contribution in [1.29, 1.82) is 0 Å². The molecule has 7 nitrogen and oxygen atoms in total. The van der Waals surface area contributed by atoms with Gasteiger partial charge in [0.2, 0.25) is 0 Å². The number of amides is 2. The second-order valence-electron chi connectivity index (χ2n) is 6.41. The molecule has 1 atom stereocenters. The number of anilines is 1. The summed E-state index contributed by atoms with van der Waals surface area (Å²) in [7, 11) is 2.99. The Morgan fingerprint density at radius 2 is 1.71 bits per heavy atom. The molecule has 2 N–H and O–H groups in total. The van der Waals surface area contributed by atoms with E-state index in [4.69, 9.17) is 14.2 Å². The van der Waals surface area contributed by atoms with Gasteiger partial charge in [0.25, 0.3) is 11.8 Å². The summed E-state index contributed by atoms with van der Waals surface area (Å²) < 4.78 is 16.0. The first kappa shape index (κ1) is 19.7. The predicted octanol–water partition coefficient (Wildman–Crippen LogP) is 2.86. The number of carbonyl (C=O) groups is 2. The number of nitrogens with one attached hydrogen (secondary N) is 2. The molecule has 0 spiro atoms. The van der Waals surface area contributed by atoms with E-state index in [0.29, 0.717) is 34.9 Å². The number of hydrogen-bond donors (Lipinski definition) is 2. The first-order chi connectivity index (χ1) is 13.6. The van der Waals surface area contributed by atoms with Crippen LogP contribution in [0, 0.1) is 0 Å². The number of carbonyl (C=O) groups excluding carboxylic acids is 2. The lowest BCUT2D eigenvalue weighted by molar-refractivity contribution is 0.0857. The normalized spacial score (nSPS) is 15.7. The monoisotopic (exact) mass is 384 g/mol. The average Bonchev–Trinajstić information content (AvgIpc) is 3.25. The van der Waals surface area contributed by atoms with Gasteiger partial charge in [-0.1, -0.05) is 6.07 Å². The van der Waals surface area contributed by atoms with E-state index >= 15 is 0 Å². The van der Waals surface area contributed by atoms with E-state index in [0.717, 1.165) is 19.4 Å². The Hall–Kier alpha value is -3.06. The van der Waals surface area contributed by atoms with Crippen LogP contribution in [0.1, 0.15) is 33.6 Å². The van der Waals surface area contributed by atoms with Gasteiger partial charge >= 0.3 is 0 Å². The maximum Gasteiger partial charge on any atom is 0.263 e. The van der Waals surface area contributed by atoms with Gasteiger partial charge in [-0.15, -0.1) is 0 Å². The van der Waals surface area contributed by atoms with E-state index in [9.17, 15) is 9.59 Å². The molecule has 0 aliphatic carbocycles. The van der Waals surface area contributed by atoms with Crippen LogP contribution < -0.4 is 20.1 Å². The van der Waals surface area contributed by atoms with Gasteiger partial charge in [0.15, 0.2) is 0 Å². The standard InChI is InChI=1S/C21H24N2O5/c1-26-17-6-3-7-18(27-2)19(17)21(25)23-15-10-8-14(9-11-15)20(24)22-13-16-5-4-12-28-16/h3,6-11,16H,4-5,12-13H2,1-2H3,(H,22,24)(H,23,25). The molecule has 0 saturated carbocycles. The highest BCUT2D eigenvalue weighted by Gasteiger charge is 2.19. The largest absolute Gasteiger partial charge is 0.496 e. The summed E-state index contributed by atoms with van der Waals surface area (Å²) in [5, 5.41) is 5.67. The molecule has 1 aliphatic heterocycles. The topological polar surface area (TPSA) is 85.9 Å². The average molecular weight is 384 g/mol. The molecule has 3 rings (SSSR count). The van der Waals surface area contributed by atoms with Crippen LogP contribution in [-0.4, -0.2) is 45.3 Å². The zero-order chi connectivity index (χ0) is 19.9. The molecule has 2 aromatic rings. The van der Waals surface area contributed by atoms with Gasteiger partial charge in [0.1, 0.15) is 17.1 Å². The minimum absolute atomic E-state index is 0.0957. The molecular formula is C21H24N2O5. The summed E-state index contributed by atoms with van der Waals surface area (Å²) in [6, 6.07) is 11.8. The molecule has 0 bridgehead atoms. The molecule has 1 heterocycles. The fraction of sp³-hybridized carbons (Fsp3) is 0.333. The van der Waals surface area contributed by atoms with Crippen molar-refractivity contribution in [2.75, 3.05) is 32.7 Å².